The first-order valence-electron chi connectivity index (χ1n) is 6.91. The molecule has 0 aromatic carbocycles. The van der Waals surface area contributed by atoms with Crippen molar-refractivity contribution in [3.63, 3.8) is 0 Å². The van der Waals surface area contributed by atoms with Gasteiger partial charge in [0.2, 0.25) is 5.91 Å². The number of carboxylic acid groups (broad SMARTS) is 1. The first-order chi connectivity index (χ1) is 8.60. The van der Waals surface area contributed by atoms with E-state index in [1.807, 2.05) is 0 Å². The highest BCUT2D eigenvalue weighted by atomic mass is 16.4. The number of hydrogen-bond acceptors (Lipinski definition) is 3. The zero-order valence-electron chi connectivity index (χ0n) is 12.2. The Morgan fingerprint density at radius 3 is 2.21 bits per heavy atom. The van der Waals surface area contributed by atoms with Crippen LogP contribution in [0.2, 0.25) is 0 Å². The Balaban J connectivity index is 2.13. The van der Waals surface area contributed by atoms with Crippen LogP contribution < -0.4 is 5.32 Å². The highest BCUT2D eigenvalue weighted by molar-refractivity contribution is 5.86. The van der Waals surface area contributed by atoms with Gasteiger partial charge in [-0.1, -0.05) is 0 Å². The van der Waals surface area contributed by atoms with Gasteiger partial charge < -0.3 is 15.3 Å². The Hall–Kier alpha value is -1.10. The second-order valence-corrected chi connectivity index (χ2v) is 7.24. The minimum absolute atomic E-state index is 0.00843. The lowest BCUT2D eigenvalue weighted by atomic mass is 9.79. The van der Waals surface area contributed by atoms with Crippen LogP contribution in [0.1, 0.15) is 47.0 Å². The second-order valence-electron chi connectivity index (χ2n) is 7.24. The van der Waals surface area contributed by atoms with Crippen molar-refractivity contribution in [3.05, 3.63) is 0 Å². The molecule has 2 N–H and O–H groups in total. The molecular formula is C14H24N2O3. The van der Waals surface area contributed by atoms with Gasteiger partial charge in [0, 0.05) is 30.1 Å². The second kappa shape index (κ2) is 4.47. The molecule has 5 nitrogen and oxygen atoms in total. The topological polar surface area (TPSA) is 69.6 Å². The molecule has 0 spiro atoms. The van der Waals surface area contributed by atoms with E-state index in [1.54, 1.807) is 4.90 Å². The minimum atomic E-state index is -0.858. The normalized spacial score (nSPS) is 30.6. The molecule has 2 saturated heterocycles. The Kier molecular flexibility index (Phi) is 3.37. The molecule has 19 heavy (non-hydrogen) atoms. The number of hydrogen-bond donors (Lipinski definition) is 2. The average Bonchev–Trinajstić information content (AvgIpc) is 2.55. The van der Waals surface area contributed by atoms with E-state index in [0.29, 0.717) is 6.54 Å². The van der Waals surface area contributed by atoms with Crippen LogP contribution in [0.5, 0.6) is 0 Å². The van der Waals surface area contributed by atoms with E-state index in [4.69, 9.17) is 5.11 Å². The lowest BCUT2D eigenvalue weighted by Gasteiger charge is -2.49. The molecule has 0 saturated carbocycles. The van der Waals surface area contributed by atoms with Crippen LogP contribution in [-0.4, -0.2) is 45.5 Å². The molecule has 1 atom stereocenters. The minimum Gasteiger partial charge on any atom is -0.481 e. The van der Waals surface area contributed by atoms with E-state index >= 15 is 0 Å². The molecular weight excluding hydrogens is 244 g/mol. The van der Waals surface area contributed by atoms with E-state index in [9.17, 15) is 9.59 Å². The molecule has 2 fully saturated rings. The van der Waals surface area contributed by atoms with Crippen molar-refractivity contribution in [1.29, 1.82) is 0 Å². The zero-order valence-corrected chi connectivity index (χ0v) is 12.2. The third-order valence-corrected chi connectivity index (χ3v) is 4.12. The number of carbonyl (C=O) groups is 2. The number of nitrogens with zero attached hydrogens (tertiary/aromatic N) is 1. The largest absolute Gasteiger partial charge is 0.481 e. The van der Waals surface area contributed by atoms with Gasteiger partial charge in [-0.05, 0) is 40.5 Å². The number of likely N-dealkylation sites (tertiary alicyclic amines) is 1. The van der Waals surface area contributed by atoms with Crippen LogP contribution in [0.4, 0.5) is 0 Å². The van der Waals surface area contributed by atoms with Crippen LogP contribution in [0.15, 0.2) is 0 Å². The van der Waals surface area contributed by atoms with Crippen molar-refractivity contribution < 1.29 is 14.7 Å². The number of piperidine rings is 1. The van der Waals surface area contributed by atoms with Gasteiger partial charge in [-0.2, -0.15) is 0 Å². The third-order valence-electron chi connectivity index (χ3n) is 4.12. The molecule has 0 aliphatic carbocycles. The third kappa shape index (κ3) is 3.08. The summed E-state index contributed by atoms with van der Waals surface area (Å²) < 4.78 is 0. The van der Waals surface area contributed by atoms with Crippen LogP contribution >= 0.6 is 0 Å². The summed E-state index contributed by atoms with van der Waals surface area (Å²) in [4.78, 5) is 24.9. The highest BCUT2D eigenvalue weighted by Gasteiger charge is 2.45. The van der Waals surface area contributed by atoms with E-state index < -0.39 is 11.9 Å². The maximum atomic E-state index is 12.1. The number of aliphatic carboxylic acids is 1. The molecule has 1 unspecified atom stereocenters. The summed E-state index contributed by atoms with van der Waals surface area (Å²) in [5.41, 5.74) is -0.0674. The van der Waals surface area contributed by atoms with Gasteiger partial charge in [-0.15, -0.1) is 0 Å². The Labute approximate surface area is 114 Å². The fourth-order valence-corrected chi connectivity index (χ4v) is 3.74. The summed E-state index contributed by atoms with van der Waals surface area (Å²) in [5.74, 6) is -1.40. The molecule has 1 amide bonds. The molecule has 2 aliphatic heterocycles. The Bertz CT molecular complexity index is 387. The molecule has 5 heteroatoms. The van der Waals surface area contributed by atoms with Gasteiger partial charge in [0.05, 0.1) is 5.92 Å². The van der Waals surface area contributed by atoms with Crippen molar-refractivity contribution in [2.45, 2.75) is 64.1 Å². The summed E-state index contributed by atoms with van der Waals surface area (Å²) in [6.07, 6.45) is 1.89. The van der Waals surface area contributed by atoms with Gasteiger partial charge in [-0.25, -0.2) is 0 Å². The SMILES string of the molecule is CC1(C)CC(N2CC(C(=O)O)CC2=O)CC(C)(C)N1. The van der Waals surface area contributed by atoms with Crippen LogP contribution in [0.3, 0.4) is 0 Å². The summed E-state index contributed by atoms with van der Waals surface area (Å²) in [6, 6.07) is 0.142. The number of nitrogens with one attached hydrogen (secondary N) is 1. The number of carbonyl (C=O) groups excluding carboxylic acids is 1. The van der Waals surface area contributed by atoms with Crippen molar-refractivity contribution in [3.8, 4) is 0 Å². The van der Waals surface area contributed by atoms with Crippen molar-refractivity contribution in [1.82, 2.24) is 10.2 Å². The standard InChI is InChI=1S/C14H24N2O3/c1-13(2)6-10(7-14(3,4)15-13)16-8-9(12(18)19)5-11(16)17/h9-10,15H,5-8H2,1-4H3,(H,18,19). The molecule has 2 aliphatic rings. The van der Waals surface area contributed by atoms with Crippen LogP contribution in [-0.2, 0) is 9.59 Å². The van der Waals surface area contributed by atoms with Gasteiger partial charge in [0.25, 0.3) is 0 Å². The monoisotopic (exact) mass is 268 g/mol. The van der Waals surface area contributed by atoms with Gasteiger partial charge in [-0.3, -0.25) is 9.59 Å². The van der Waals surface area contributed by atoms with Crippen LogP contribution in [0, 0.1) is 5.92 Å². The van der Waals surface area contributed by atoms with Crippen molar-refractivity contribution in [2.24, 2.45) is 5.92 Å². The summed E-state index contributed by atoms with van der Waals surface area (Å²) in [6.45, 7) is 8.91. The summed E-state index contributed by atoms with van der Waals surface area (Å²) in [7, 11) is 0. The van der Waals surface area contributed by atoms with Crippen LogP contribution in [0.25, 0.3) is 0 Å². The number of amides is 1. The summed E-state index contributed by atoms with van der Waals surface area (Å²) >= 11 is 0. The predicted molar refractivity (Wildman–Crippen MR) is 71.8 cm³/mol. The van der Waals surface area contributed by atoms with E-state index in [1.165, 1.54) is 0 Å². The molecule has 0 radical (unpaired) electrons. The number of carboxylic acids is 1. The average molecular weight is 268 g/mol. The zero-order chi connectivity index (χ0) is 14.4. The first-order valence-corrected chi connectivity index (χ1v) is 6.91. The molecule has 0 aromatic heterocycles. The molecule has 108 valence electrons. The quantitative estimate of drug-likeness (QED) is 0.790. The van der Waals surface area contributed by atoms with Gasteiger partial charge >= 0.3 is 5.97 Å². The number of rotatable bonds is 2. The van der Waals surface area contributed by atoms with E-state index in [0.717, 1.165) is 12.8 Å². The highest BCUT2D eigenvalue weighted by Crippen LogP contribution is 2.34. The van der Waals surface area contributed by atoms with E-state index in [2.05, 4.69) is 33.0 Å². The van der Waals surface area contributed by atoms with Gasteiger partial charge in [0.15, 0.2) is 0 Å². The Morgan fingerprint density at radius 2 is 1.79 bits per heavy atom. The Morgan fingerprint density at radius 1 is 1.26 bits per heavy atom. The maximum absolute atomic E-state index is 12.1. The lowest BCUT2D eigenvalue weighted by Crippen LogP contribution is -2.62. The fraction of sp³-hybridized carbons (Fsp3) is 0.857. The smallest absolute Gasteiger partial charge is 0.308 e. The molecule has 0 bridgehead atoms. The first kappa shape index (κ1) is 14.3. The lowest BCUT2D eigenvalue weighted by molar-refractivity contribution is -0.141. The summed E-state index contributed by atoms with van der Waals surface area (Å²) in [5, 5.41) is 12.6. The fourth-order valence-electron chi connectivity index (χ4n) is 3.74. The molecule has 2 heterocycles. The predicted octanol–water partition coefficient (Wildman–Crippen LogP) is 1.23. The van der Waals surface area contributed by atoms with Crippen molar-refractivity contribution in [2.75, 3.05) is 6.54 Å². The molecule has 0 aromatic rings. The van der Waals surface area contributed by atoms with Gasteiger partial charge in [0.1, 0.15) is 0 Å². The maximum Gasteiger partial charge on any atom is 0.308 e. The van der Waals surface area contributed by atoms with E-state index in [-0.39, 0.29) is 29.4 Å². The molecule has 2 rings (SSSR count). The van der Waals surface area contributed by atoms with Crippen molar-refractivity contribution >= 4 is 11.9 Å².